The molecule has 0 aliphatic carbocycles. The first kappa shape index (κ1) is 12.2. The second-order valence-electron chi connectivity index (χ2n) is 5.01. The summed E-state index contributed by atoms with van der Waals surface area (Å²) in [7, 11) is 0. The van der Waals surface area contributed by atoms with Gasteiger partial charge in [0.25, 0.3) is 0 Å². The highest BCUT2D eigenvalue weighted by Crippen LogP contribution is 2.45. The van der Waals surface area contributed by atoms with Crippen molar-refractivity contribution in [1.29, 1.82) is 0 Å². The second kappa shape index (κ2) is 4.47. The Labute approximate surface area is 126 Å². The predicted molar refractivity (Wildman–Crippen MR) is 86.8 cm³/mol. The van der Waals surface area contributed by atoms with E-state index in [0.29, 0.717) is 0 Å². The van der Waals surface area contributed by atoms with Gasteiger partial charge in [0.2, 0.25) is 0 Å². The summed E-state index contributed by atoms with van der Waals surface area (Å²) < 4.78 is 6.80. The Morgan fingerprint density at radius 3 is 2.90 bits per heavy atom. The molecular formula is C17H12OS2. The minimum atomic E-state index is 0.889. The van der Waals surface area contributed by atoms with E-state index < -0.39 is 0 Å². The average molecular weight is 296 g/mol. The zero-order valence-corrected chi connectivity index (χ0v) is 12.6. The first-order valence-corrected chi connectivity index (χ1v) is 7.91. The van der Waals surface area contributed by atoms with Crippen molar-refractivity contribution in [3.63, 3.8) is 0 Å². The number of hydrogen-bond donors (Lipinski definition) is 0. The molecular weight excluding hydrogens is 284 g/mol. The van der Waals surface area contributed by atoms with Crippen LogP contribution in [0.5, 0.6) is 0 Å². The van der Waals surface area contributed by atoms with Crippen molar-refractivity contribution in [2.45, 2.75) is 17.6 Å². The normalized spacial score (nSPS) is 13.1. The van der Waals surface area contributed by atoms with Crippen LogP contribution in [0.1, 0.15) is 11.1 Å². The van der Waals surface area contributed by atoms with Gasteiger partial charge in [-0.25, -0.2) is 0 Å². The van der Waals surface area contributed by atoms with Crippen LogP contribution in [-0.4, -0.2) is 0 Å². The van der Waals surface area contributed by atoms with E-state index in [1.807, 2.05) is 18.7 Å². The van der Waals surface area contributed by atoms with Gasteiger partial charge >= 0.3 is 0 Å². The molecule has 98 valence electrons. The largest absolute Gasteiger partial charge is 0.464 e. The lowest BCUT2D eigenvalue weighted by Crippen LogP contribution is -1.99. The van der Waals surface area contributed by atoms with Gasteiger partial charge in [-0.3, -0.25) is 0 Å². The van der Waals surface area contributed by atoms with Gasteiger partial charge in [0, 0.05) is 27.3 Å². The Hall–Kier alpha value is -1.58. The lowest BCUT2D eigenvalue weighted by molar-refractivity contribution is 0.554. The molecule has 0 bridgehead atoms. The quantitative estimate of drug-likeness (QED) is 0.491. The molecule has 1 aliphatic rings. The summed E-state index contributed by atoms with van der Waals surface area (Å²) in [4.78, 5) is 1.30. The number of aryl methyl sites for hydroxylation is 1. The molecule has 0 unspecified atom stereocenters. The van der Waals surface area contributed by atoms with Gasteiger partial charge < -0.3 is 4.42 Å². The standard InChI is InChI=1S/C17H12OS2/c1-10-8-18-15-13-7-6-11-4-2-3-5-12(11)17(13)20-9-14(15)16(10)19/h2-8H,9H2,1H3. The summed E-state index contributed by atoms with van der Waals surface area (Å²) >= 11 is 7.39. The lowest BCUT2D eigenvalue weighted by atomic mass is 10.0. The maximum atomic E-state index is 5.86. The fourth-order valence-corrected chi connectivity index (χ4v) is 4.22. The maximum absolute atomic E-state index is 5.86. The third-order valence-electron chi connectivity index (χ3n) is 3.74. The second-order valence-corrected chi connectivity index (χ2v) is 6.40. The number of fused-ring (bicyclic) bond motifs is 5. The van der Waals surface area contributed by atoms with Crippen LogP contribution in [0, 0.1) is 11.4 Å². The number of benzene rings is 2. The third-order valence-corrected chi connectivity index (χ3v) is 5.47. The Bertz CT molecular complexity index is 893. The van der Waals surface area contributed by atoms with Gasteiger partial charge in [0.05, 0.1) is 10.8 Å². The Morgan fingerprint density at radius 2 is 2.00 bits per heavy atom. The summed E-state index contributed by atoms with van der Waals surface area (Å²) in [6.45, 7) is 2.01. The monoisotopic (exact) mass is 296 g/mol. The molecule has 0 radical (unpaired) electrons. The van der Waals surface area contributed by atoms with Crippen molar-refractivity contribution in [3.05, 3.63) is 58.3 Å². The summed E-state index contributed by atoms with van der Waals surface area (Å²) in [5, 5.41) is 2.57. The van der Waals surface area contributed by atoms with Gasteiger partial charge in [-0.05, 0) is 23.8 Å². The van der Waals surface area contributed by atoms with Crippen molar-refractivity contribution < 1.29 is 4.42 Å². The smallest absolute Gasteiger partial charge is 0.140 e. The molecule has 0 N–H and O–H groups in total. The number of rotatable bonds is 0. The lowest BCUT2D eigenvalue weighted by Gasteiger charge is -2.20. The first-order valence-electron chi connectivity index (χ1n) is 6.52. The van der Waals surface area contributed by atoms with E-state index >= 15 is 0 Å². The summed E-state index contributed by atoms with van der Waals surface area (Å²) in [6, 6.07) is 12.8. The fraction of sp³-hybridized carbons (Fsp3) is 0.118. The van der Waals surface area contributed by atoms with Gasteiger partial charge in [-0.1, -0.05) is 42.5 Å². The zero-order valence-electron chi connectivity index (χ0n) is 11.0. The van der Waals surface area contributed by atoms with Gasteiger partial charge in [-0.15, -0.1) is 11.8 Å². The van der Waals surface area contributed by atoms with Crippen LogP contribution < -0.4 is 0 Å². The van der Waals surface area contributed by atoms with Crippen molar-refractivity contribution >= 4 is 34.8 Å². The molecule has 1 aromatic heterocycles. The van der Waals surface area contributed by atoms with E-state index in [2.05, 4.69) is 36.4 Å². The van der Waals surface area contributed by atoms with Gasteiger partial charge in [0.15, 0.2) is 0 Å². The molecule has 20 heavy (non-hydrogen) atoms. The molecule has 1 nitrogen and oxygen atoms in total. The first-order chi connectivity index (χ1) is 9.75. The summed E-state index contributed by atoms with van der Waals surface area (Å²) in [5.74, 6) is 1.83. The average Bonchev–Trinajstić information content (AvgIpc) is 2.50. The number of thioether (sulfide) groups is 1. The maximum Gasteiger partial charge on any atom is 0.140 e. The summed E-state index contributed by atoms with van der Waals surface area (Å²) in [5.41, 5.74) is 3.37. The molecule has 0 saturated carbocycles. The van der Waals surface area contributed by atoms with Crippen molar-refractivity contribution in [3.8, 4) is 11.3 Å². The molecule has 2 aromatic carbocycles. The fourth-order valence-electron chi connectivity index (χ4n) is 2.69. The van der Waals surface area contributed by atoms with E-state index in [1.54, 1.807) is 6.26 Å². The topological polar surface area (TPSA) is 13.1 Å². The predicted octanol–water partition coefficient (Wildman–Crippen LogP) is 5.74. The van der Waals surface area contributed by atoms with Crippen LogP contribution in [0.25, 0.3) is 22.1 Å². The summed E-state index contributed by atoms with van der Waals surface area (Å²) in [6.07, 6.45) is 1.77. The SMILES string of the molecule is Cc1coc2c(c1=S)CSc1c-2ccc2ccccc12. The van der Waals surface area contributed by atoms with E-state index in [0.717, 1.165) is 27.2 Å². The minimum Gasteiger partial charge on any atom is -0.464 e. The molecule has 3 heteroatoms. The molecule has 0 atom stereocenters. The molecule has 0 saturated heterocycles. The highest BCUT2D eigenvalue weighted by molar-refractivity contribution is 7.99. The molecule has 4 rings (SSSR count). The Morgan fingerprint density at radius 1 is 1.15 bits per heavy atom. The van der Waals surface area contributed by atoms with E-state index in [1.165, 1.54) is 21.2 Å². The zero-order chi connectivity index (χ0) is 13.7. The Kier molecular flexibility index (Phi) is 2.72. The van der Waals surface area contributed by atoms with Crippen LogP contribution >= 0.6 is 24.0 Å². The third kappa shape index (κ3) is 1.67. The van der Waals surface area contributed by atoms with Crippen molar-refractivity contribution in [2.24, 2.45) is 0 Å². The van der Waals surface area contributed by atoms with Crippen molar-refractivity contribution in [1.82, 2.24) is 0 Å². The highest BCUT2D eigenvalue weighted by Gasteiger charge is 2.22. The molecule has 0 fully saturated rings. The molecule has 0 amide bonds. The van der Waals surface area contributed by atoms with Gasteiger partial charge in [0.1, 0.15) is 5.76 Å². The van der Waals surface area contributed by atoms with E-state index in [4.69, 9.17) is 16.6 Å². The van der Waals surface area contributed by atoms with Crippen LogP contribution in [0.4, 0.5) is 0 Å². The van der Waals surface area contributed by atoms with Gasteiger partial charge in [-0.2, -0.15) is 0 Å². The minimum absolute atomic E-state index is 0.889. The van der Waals surface area contributed by atoms with Crippen LogP contribution in [0.3, 0.4) is 0 Å². The molecule has 3 aromatic rings. The Balaban J connectivity index is 2.09. The molecule has 0 spiro atoms. The highest BCUT2D eigenvalue weighted by atomic mass is 32.2. The molecule has 1 aliphatic heterocycles. The van der Waals surface area contributed by atoms with Crippen LogP contribution in [0.15, 0.2) is 52.0 Å². The van der Waals surface area contributed by atoms with E-state index in [-0.39, 0.29) is 0 Å². The number of hydrogen-bond acceptors (Lipinski definition) is 3. The van der Waals surface area contributed by atoms with E-state index in [9.17, 15) is 0 Å². The molecule has 2 heterocycles. The van der Waals surface area contributed by atoms with Crippen LogP contribution in [0.2, 0.25) is 0 Å². The van der Waals surface area contributed by atoms with Crippen LogP contribution in [-0.2, 0) is 5.75 Å². The van der Waals surface area contributed by atoms with Crippen molar-refractivity contribution in [2.75, 3.05) is 0 Å².